The van der Waals surface area contributed by atoms with Crippen molar-refractivity contribution in [3.05, 3.63) is 46.2 Å². The van der Waals surface area contributed by atoms with Crippen molar-refractivity contribution >= 4 is 33.2 Å². The number of benzene rings is 1. The standard InChI is InChI=1S/C12H12BrN3O/c1-7-4-8(13)2-3-10(7)16-12(17)11-5-9(14)6-15-11/h2-6,15H,14H2,1H3,(H,16,17). The van der Waals surface area contributed by atoms with Gasteiger partial charge in [-0.25, -0.2) is 0 Å². The Kier molecular flexibility index (Phi) is 3.19. The largest absolute Gasteiger partial charge is 0.397 e. The van der Waals surface area contributed by atoms with Crippen molar-refractivity contribution in [3.63, 3.8) is 0 Å². The highest BCUT2D eigenvalue weighted by Crippen LogP contribution is 2.20. The molecule has 4 N–H and O–H groups in total. The molecule has 1 amide bonds. The lowest BCUT2D eigenvalue weighted by molar-refractivity contribution is 0.102. The van der Waals surface area contributed by atoms with Gasteiger partial charge in [0.2, 0.25) is 0 Å². The van der Waals surface area contributed by atoms with E-state index in [9.17, 15) is 4.79 Å². The minimum atomic E-state index is -0.202. The van der Waals surface area contributed by atoms with Gasteiger partial charge in [0.05, 0.1) is 0 Å². The molecule has 1 aromatic carbocycles. The van der Waals surface area contributed by atoms with Crippen LogP contribution in [-0.2, 0) is 0 Å². The summed E-state index contributed by atoms with van der Waals surface area (Å²) in [7, 11) is 0. The van der Waals surface area contributed by atoms with Crippen LogP contribution >= 0.6 is 15.9 Å². The summed E-state index contributed by atoms with van der Waals surface area (Å²) in [6, 6.07) is 7.28. The molecule has 0 saturated heterocycles. The summed E-state index contributed by atoms with van der Waals surface area (Å²) in [5.74, 6) is -0.202. The molecule has 0 aliphatic heterocycles. The SMILES string of the molecule is Cc1cc(Br)ccc1NC(=O)c1cc(N)c[nH]1. The van der Waals surface area contributed by atoms with Gasteiger partial charge in [0, 0.05) is 22.0 Å². The molecule has 5 heteroatoms. The number of halogens is 1. The Hall–Kier alpha value is -1.75. The molecule has 2 aromatic rings. The van der Waals surface area contributed by atoms with Crippen LogP contribution in [0.5, 0.6) is 0 Å². The predicted octanol–water partition coefficient (Wildman–Crippen LogP) is 2.92. The van der Waals surface area contributed by atoms with Gasteiger partial charge in [-0.15, -0.1) is 0 Å². The van der Waals surface area contributed by atoms with Gasteiger partial charge in [0.25, 0.3) is 5.91 Å². The van der Waals surface area contributed by atoms with Crippen LogP contribution in [0.4, 0.5) is 11.4 Å². The third kappa shape index (κ3) is 2.68. The fraction of sp³-hybridized carbons (Fsp3) is 0.0833. The van der Waals surface area contributed by atoms with E-state index in [1.54, 1.807) is 12.3 Å². The summed E-state index contributed by atoms with van der Waals surface area (Å²) in [6.45, 7) is 1.93. The van der Waals surface area contributed by atoms with Crippen molar-refractivity contribution in [3.8, 4) is 0 Å². The molecular weight excluding hydrogens is 282 g/mol. The number of carbonyl (C=O) groups excluding carboxylic acids is 1. The second-order valence-corrected chi connectivity index (χ2v) is 4.68. The van der Waals surface area contributed by atoms with Gasteiger partial charge < -0.3 is 16.0 Å². The highest BCUT2D eigenvalue weighted by Gasteiger charge is 2.09. The number of rotatable bonds is 2. The summed E-state index contributed by atoms with van der Waals surface area (Å²) in [4.78, 5) is 14.7. The van der Waals surface area contributed by atoms with E-state index in [1.807, 2.05) is 25.1 Å². The zero-order chi connectivity index (χ0) is 12.4. The number of nitrogen functional groups attached to an aromatic ring is 1. The van der Waals surface area contributed by atoms with Crippen LogP contribution in [-0.4, -0.2) is 10.9 Å². The van der Waals surface area contributed by atoms with Crippen LogP contribution in [0.1, 0.15) is 16.1 Å². The minimum Gasteiger partial charge on any atom is -0.397 e. The zero-order valence-electron chi connectivity index (χ0n) is 9.25. The van der Waals surface area contributed by atoms with E-state index >= 15 is 0 Å². The number of aryl methyl sites for hydroxylation is 1. The van der Waals surface area contributed by atoms with Crippen LogP contribution in [0.3, 0.4) is 0 Å². The Morgan fingerprint density at radius 2 is 2.18 bits per heavy atom. The van der Waals surface area contributed by atoms with Crippen LogP contribution in [0.25, 0.3) is 0 Å². The number of aromatic nitrogens is 1. The zero-order valence-corrected chi connectivity index (χ0v) is 10.8. The summed E-state index contributed by atoms with van der Waals surface area (Å²) in [5.41, 5.74) is 8.31. The molecule has 17 heavy (non-hydrogen) atoms. The van der Waals surface area contributed by atoms with Gasteiger partial charge in [0.15, 0.2) is 0 Å². The van der Waals surface area contributed by atoms with Gasteiger partial charge in [-0.3, -0.25) is 4.79 Å². The highest BCUT2D eigenvalue weighted by molar-refractivity contribution is 9.10. The lowest BCUT2D eigenvalue weighted by Crippen LogP contribution is -2.13. The predicted molar refractivity (Wildman–Crippen MR) is 72.0 cm³/mol. The summed E-state index contributed by atoms with van der Waals surface area (Å²) in [6.07, 6.45) is 1.59. The van der Waals surface area contributed by atoms with Crippen LogP contribution in [0.2, 0.25) is 0 Å². The maximum Gasteiger partial charge on any atom is 0.272 e. The topological polar surface area (TPSA) is 70.9 Å². The van der Waals surface area contributed by atoms with Crippen molar-refractivity contribution in [2.75, 3.05) is 11.1 Å². The molecule has 4 nitrogen and oxygen atoms in total. The quantitative estimate of drug-likeness (QED) is 0.797. The Morgan fingerprint density at radius 3 is 2.76 bits per heavy atom. The van der Waals surface area contributed by atoms with Crippen molar-refractivity contribution < 1.29 is 4.79 Å². The molecule has 0 aliphatic carbocycles. The molecule has 1 aromatic heterocycles. The second-order valence-electron chi connectivity index (χ2n) is 3.76. The summed E-state index contributed by atoms with van der Waals surface area (Å²) < 4.78 is 0.983. The van der Waals surface area contributed by atoms with Crippen LogP contribution in [0, 0.1) is 6.92 Å². The molecule has 0 saturated carbocycles. The fourth-order valence-corrected chi connectivity index (χ4v) is 1.97. The van der Waals surface area contributed by atoms with E-state index in [2.05, 4.69) is 26.2 Å². The van der Waals surface area contributed by atoms with Gasteiger partial charge in [-0.2, -0.15) is 0 Å². The van der Waals surface area contributed by atoms with Crippen molar-refractivity contribution in [1.29, 1.82) is 0 Å². The maximum atomic E-state index is 11.9. The Bertz CT molecular complexity index is 563. The monoisotopic (exact) mass is 293 g/mol. The number of aromatic amines is 1. The van der Waals surface area contributed by atoms with Gasteiger partial charge in [-0.05, 0) is 36.8 Å². The highest BCUT2D eigenvalue weighted by atomic mass is 79.9. The van der Waals surface area contributed by atoms with Crippen LogP contribution < -0.4 is 11.1 Å². The van der Waals surface area contributed by atoms with Crippen molar-refractivity contribution in [2.45, 2.75) is 6.92 Å². The molecule has 1 heterocycles. The number of carbonyl (C=O) groups is 1. The number of nitrogens with two attached hydrogens (primary N) is 1. The molecule has 0 unspecified atom stereocenters. The number of H-pyrrole nitrogens is 1. The molecule has 0 radical (unpaired) electrons. The van der Waals surface area contributed by atoms with E-state index in [0.29, 0.717) is 11.4 Å². The minimum absolute atomic E-state index is 0.202. The lowest BCUT2D eigenvalue weighted by atomic mass is 10.2. The summed E-state index contributed by atoms with van der Waals surface area (Å²) in [5, 5.41) is 2.82. The molecule has 0 fully saturated rings. The lowest BCUT2D eigenvalue weighted by Gasteiger charge is -2.07. The van der Waals surface area contributed by atoms with E-state index in [0.717, 1.165) is 15.7 Å². The van der Waals surface area contributed by atoms with Gasteiger partial charge >= 0.3 is 0 Å². The average molecular weight is 294 g/mol. The van der Waals surface area contributed by atoms with E-state index in [4.69, 9.17) is 5.73 Å². The number of amides is 1. The molecule has 88 valence electrons. The molecule has 2 rings (SSSR count). The first kappa shape index (κ1) is 11.7. The number of anilines is 2. The molecular formula is C12H12BrN3O. The normalized spacial score (nSPS) is 10.2. The summed E-state index contributed by atoms with van der Waals surface area (Å²) >= 11 is 3.38. The fourth-order valence-electron chi connectivity index (χ4n) is 1.50. The first-order valence-electron chi connectivity index (χ1n) is 5.07. The van der Waals surface area contributed by atoms with Crippen molar-refractivity contribution in [1.82, 2.24) is 4.98 Å². The van der Waals surface area contributed by atoms with E-state index in [-0.39, 0.29) is 5.91 Å². The second kappa shape index (κ2) is 4.63. The van der Waals surface area contributed by atoms with Gasteiger partial charge in [-0.1, -0.05) is 15.9 Å². The molecule has 0 aliphatic rings. The molecule has 0 atom stereocenters. The molecule has 0 spiro atoms. The van der Waals surface area contributed by atoms with E-state index < -0.39 is 0 Å². The smallest absolute Gasteiger partial charge is 0.272 e. The van der Waals surface area contributed by atoms with E-state index in [1.165, 1.54) is 0 Å². The van der Waals surface area contributed by atoms with Crippen molar-refractivity contribution in [2.24, 2.45) is 0 Å². The third-order valence-electron chi connectivity index (χ3n) is 2.39. The Labute approximate surface area is 107 Å². The Balaban J connectivity index is 2.18. The Morgan fingerprint density at radius 1 is 1.41 bits per heavy atom. The van der Waals surface area contributed by atoms with Crippen LogP contribution in [0.15, 0.2) is 34.9 Å². The molecule has 0 bridgehead atoms. The number of nitrogens with one attached hydrogen (secondary N) is 2. The first-order chi connectivity index (χ1) is 8.06. The average Bonchev–Trinajstić information content (AvgIpc) is 2.69. The number of hydrogen-bond donors (Lipinski definition) is 3. The third-order valence-corrected chi connectivity index (χ3v) is 2.88. The first-order valence-corrected chi connectivity index (χ1v) is 5.87. The number of hydrogen-bond acceptors (Lipinski definition) is 2. The maximum absolute atomic E-state index is 11.9. The van der Waals surface area contributed by atoms with Gasteiger partial charge in [0.1, 0.15) is 5.69 Å².